The zero-order valence-corrected chi connectivity index (χ0v) is 6.68. The summed E-state index contributed by atoms with van der Waals surface area (Å²) in [4.78, 5) is 0. The van der Waals surface area contributed by atoms with Gasteiger partial charge in [0.05, 0.1) is 6.61 Å². The van der Waals surface area contributed by atoms with Crippen molar-refractivity contribution in [1.29, 1.82) is 0 Å². The molecule has 1 unspecified atom stereocenters. The van der Waals surface area contributed by atoms with Gasteiger partial charge in [0.25, 0.3) is 0 Å². The summed E-state index contributed by atoms with van der Waals surface area (Å²) in [5, 5.41) is 10.4. The summed E-state index contributed by atoms with van der Waals surface area (Å²) in [6, 6.07) is 0. The molecule has 0 heterocycles. The maximum atomic E-state index is 10.4. The zero-order chi connectivity index (χ0) is 7.28. The summed E-state index contributed by atoms with van der Waals surface area (Å²) < 4.78 is 0. The summed E-state index contributed by atoms with van der Waals surface area (Å²) in [6.45, 7) is 6.52. The lowest BCUT2D eigenvalue weighted by Crippen LogP contribution is -2.06. The van der Waals surface area contributed by atoms with E-state index in [-0.39, 0.29) is 6.61 Å². The molecule has 1 heteroatoms. The van der Waals surface area contributed by atoms with Crippen LogP contribution in [0.25, 0.3) is 0 Å². The van der Waals surface area contributed by atoms with Crippen molar-refractivity contribution in [2.45, 2.75) is 33.6 Å². The molecule has 0 amide bonds. The number of hydrogen-bond donors (Lipinski definition) is 0. The average Bonchev–Trinajstić information content (AvgIpc) is 1.82. The molecule has 0 spiro atoms. The van der Waals surface area contributed by atoms with Gasteiger partial charge in [-0.1, -0.05) is 27.2 Å². The minimum Gasteiger partial charge on any atom is -0.236 e. The largest absolute Gasteiger partial charge is 0.236 e. The Morgan fingerprint density at radius 2 is 1.89 bits per heavy atom. The van der Waals surface area contributed by atoms with Crippen LogP contribution in [0.4, 0.5) is 0 Å². The highest BCUT2D eigenvalue weighted by Crippen LogP contribution is 2.13. The standard InChI is InChI=1S/C8H17O/c1-4-8(6-9)5-7(2)3/h7-8H,4-6H2,1-3H3. The van der Waals surface area contributed by atoms with Crippen molar-refractivity contribution in [2.24, 2.45) is 11.8 Å². The van der Waals surface area contributed by atoms with E-state index in [0.717, 1.165) is 12.8 Å². The first-order valence-corrected chi connectivity index (χ1v) is 3.78. The molecule has 0 saturated heterocycles. The van der Waals surface area contributed by atoms with Gasteiger partial charge in [0.15, 0.2) is 0 Å². The van der Waals surface area contributed by atoms with Crippen LogP contribution >= 0.6 is 0 Å². The van der Waals surface area contributed by atoms with Crippen molar-refractivity contribution in [3.8, 4) is 0 Å². The van der Waals surface area contributed by atoms with Gasteiger partial charge in [-0.25, -0.2) is 5.11 Å². The molecule has 0 fully saturated rings. The Balaban J connectivity index is 3.31. The Hall–Kier alpha value is -0.0400. The first kappa shape index (κ1) is 8.96. The molecule has 0 rings (SSSR count). The average molecular weight is 129 g/mol. The van der Waals surface area contributed by atoms with E-state index in [1.807, 2.05) is 0 Å². The highest BCUT2D eigenvalue weighted by Gasteiger charge is 2.06. The van der Waals surface area contributed by atoms with Gasteiger partial charge in [-0.2, -0.15) is 0 Å². The van der Waals surface area contributed by atoms with Crippen molar-refractivity contribution in [3.63, 3.8) is 0 Å². The minimum absolute atomic E-state index is 0.106. The molecule has 0 aliphatic heterocycles. The lowest BCUT2D eigenvalue weighted by atomic mass is 9.96. The maximum absolute atomic E-state index is 10.4. The van der Waals surface area contributed by atoms with E-state index in [2.05, 4.69) is 20.8 Å². The molecule has 0 N–H and O–H groups in total. The normalized spacial score (nSPS) is 14.3. The highest BCUT2D eigenvalue weighted by molar-refractivity contribution is 4.56. The van der Waals surface area contributed by atoms with Crippen LogP contribution in [-0.2, 0) is 5.11 Å². The van der Waals surface area contributed by atoms with Crippen molar-refractivity contribution >= 4 is 0 Å². The summed E-state index contributed by atoms with van der Waals surface area (Å²) in [7, 11) is 0. The van der Waals surface area contributed by atoms with Crippen molar-refractivity contribution < 1.29 is 5.11 Å². The number of hydrogen-bond acceptors (Lipinski definition) is 0. The van der Waals surface area contributed by atoms with Gasteiger partial charge in [-0.05, 0) is 18.3 Å². The van der Waals surface area contributed by atoms with Crippen LogP contribution in [0.15, 0.2) is 0 Å². The molecular formula is C8H17O. The smallest absolute Gasteiger partial charge is 0.0850 e. The van der Waals surface area contributed by atoms with Crippen LogP contribution in [0.1, 0.15) is 33.6 Å². The molecule has 0 aromatic heterocycles. The third-order valence-corrected chi connectivity index (χ3v) is 1.62. The van der Waals surface area contributed by atoms with Crippen LogP contribution in [0.5, 0.6) is 0 Å². The fraction of sp³-hybridized carbons (Fsp3) is 1.00. The maximum Gasteiger partial charge on any atom is 0.0850 e. The van der Waals surface area contributed by atoms with E-state index in [1.54, 1.807) is 0 Å². The topological polar surface area (TPSA) is 19.9 Å². The SMILES string of the molecule is CCC(C[O])CC(C)C. The Kier molecular flexibility index (Phi) is 4.78. The van der Waals surface area contributed by atoms with E-state index in [1.165, 1.54) is 0 Å². The van der Waals surface area contributed by atoms with E-state index in [4.69, 9.17) is 0 Å². The summed E-state index contributed by atoms with van der Waals surface area (Å²) in [5.41, 5.74) is 0. The van der Waals surface area contributed by atoms with Gasteiger partial charge in [0.2, 0.25) is 0 Å². The fourth-order valence-electron chi connectivity index (χ4n) is 1.02. The molecule has 1 nitrogen and oxygen atoms in total. The molecular weight excluding hydrogens is 112 g/mol. The minimum atomic E-state index is 0.106. The number of rotatable bonds is 4. The molecule has 1 atom stereocenters. The molecule has 0 aliphatic carbocycles. The van der Waals surface area contributed by atoms with Crippen LogP contribution in [0.2, 0.25) is 0 Å². The zero-order valence-electron chi connectivity index (χ0n) is 6.68. The molecule has 0 aliphatic rings. The third-order valence-electron chi connectivity index (χ3n) is 1.62. The lowest BCUT2D eigenvalue weighted by molar-refractivity contribution is 0.129. The Morgan fingerprint density at radius 3 is 2.00 bits per heavy atom. The van der Waals surface area contributed by atoms with E-state index in [0.29, 0.717) is 11.8 Å². The second-order valence-corrected chi connectivity index (χ2v) is 3.07. The van der Waals surface area contributed by atoms with Crippen LogP contribution in [0.3, 0.4) is 0 Å². The van der Waals surface area contributed by atoms with Gasteiger partial charge < -0.3 is 0 Å². The molecule has 0 saturated carbocycles. The van der Waals surface area contributed by atoms with Gasteiger partial charge in [-0.15, -0.1) is 0 Å². The van der Waals surface area contributed by atoms with Gasteiger partial charge in [0.1, 0.15) is 0 Å². The van der Waals surface area contributed by atoms with Gasteiger partial charge in [0, 0.05) is 0 Å². The van der Waals surface area contributed by atoms with Crippen molar-refractivity contribution in [2.75, 3.05) is 6.61 Å². The second kappa shape index (κ2) is 4.80. The molecule has 9 heavy (non-hydrogen) atoms. The molecule has 55 valence electrons. The fourth-order valence-corrected chi connectivity index (χ4v) is 1.02. The van der Waals surface area contributed by atoms with Gasteiger partial charge >= 0.3 is 0 Å². The second-order valence-electron chi connectivity index (χ2n) is 3.07. The Morgan fingerprint density at radius 1 is 1.33 bits per heavy atom. The molecule has 0 aromatic carbocycles. The first-order chi connectivity index (χ1) is 4.20. The quantitative estimate of drug-likeness (QED) is 0.555. The van der Waals surface area contributed by atoms with E-state index in [9.17, 15) is 5.11 Å². The van der Waals surface area contributed by atoms with Gasteiger partial charge in [-0.3, -0.25) is 0 Å². The van der Waals surface area contributed by atoms with Crippen molar-refractivity contribution in [3.05, 3.63) is 0 Å². The van der Waals surface area contributed by atoms with E-state index < -0.39 is 0 Å². The predicted molar refractivity (Wildman–Crippen MR) is 38.8 cm³/mol. The Labute approximate surface area is 58.1 Å². The van der Waals surface area contributed by atoms with Crippen LogP contribution in [-0.4, -0.2) is 6.61 Å². The lowest BCUT2D eigenvalue weighted by Gasteiger charge is -2.11. The van der Waals surface area contributed by atoms with Crippen LogP contribution in [0, 0.1) is 11.8 Å². The molecule has 0 aromatic rings. The monoisotopic (exact) mass is 129 g/mol. The Bertz CT molecular complexity index is 55.6. The third kappa shape index (κ3) is 4.46. The molecule has 0 bridgehead atoms. The first-order valence-electron chi connectivity index (χ1n) is 3.78. The summed E-state index contributed by atoms with van der Waals surface area (Å²) in [5.74, 6) is 1.11. The van der Waals surface area contributed by atoms with Crippen LogP contribution < -0.4 is 0 Å². The summed E-state index contributed by atoms with van der Waals surface area (Å²) >= 11 is 0. The highest BCUT2D eigenvalue weighted by atomic mass is 16.3. The van der Waals surface area contributed by atoms with Crippen molar-refractivity contribution in [1.82, 2.24) is 0 Å². The molecule has 1 radical (unpaired) electrons. The predicted octanol–water partition coefficient (Wildman–Crippen LogP) is 2.49. The summed E-state index contributed by atoms with van der Waals surface area (Å²) in [6.07, 6.45) is 2.14. The van der Waals surface area contributed by atoms with E-state index >= 15 is 0 Å².